The van der Waals surface area contributed by atoms with E-state index in [1.54, 1.807) is 59.8 Å². The lowest BCUT2D eigenvalue weighted by Crippen LogP contribution is -2.58. The van der Waals surface area contributed by atoms with Gasteiger partial charge in [0.1, 0.15) is 35.6 Å². The number of likely N-dealkylation sites (tertiary alicyclic amines) is 1. The fourth-order valence-corrected chi connectivity index (χ4v) is 6.20. The number of fused-ring (bicyclic) bond motifs is 1. The number of ether oxygens (including phenoxy) is 4. The number of nitrogens with zero attached hydrogens (tertiary/aromatic N) is 3. The fraction of sp³-hybridized carbons (Fsp3) is 0.595. The van der Waals surface area contributed by atoms with Gasteiger partial charge in [0.2, 0.25) is 11.8 Å². The van der Waals surface area contributed by atoms with Gasteiger partial charge in [0.25, 0.3) is 5.92 Å². The van der Waals surface area contributed by atoms with Crippen LogP contribution in [0.5, 0.6) is 11.6 Å². The molecule has 2 aliphatic rings. The molecule has 2 heterocycles. The molecule has 2 aromatic rings. The SMILES string of the molecule is C=CC[C@@H]1C[C@H]1OC(=O)NC(C(=O)N1C[C@H](Oc2nc3cc(OC)ccc3nc2C(F)(F)CC=C)[C@@H](CC)[C@H]1C(=O)OC(C)(C)C)C(C)(C)C. The van der Waals surface area contributed by atoms with Gasteiger partial charge in [-0.3, -0.25) is 4.79 Å². The van der Waals surface area contributed by atoms with Crippen molar-refractivity contribution in [3.8, 4) is 11.6 Å². The molecule has 0 bridgehead atoms. The van der Waals surface area contributed by atoms with Crippen LogP contribution in [0.1, 0.15) is 79.8 Å². The number of hydrogen-bond acceptors (Lipinski definition) is 9. The van der Waals surface area contributed by atoms with E-state index in [1.165, 1.54) is 18.1 Å². The highest BCUT2D eigenvalue weighted by Crippen LogP contribution is 2.41. The lowest BCUT2D eigenvalue weighted by molar-refractivity contribution is -0.165. The summed E-state index contributed by atoms with van der Waals surface area (Å²) in [7, 11) is 1.47. The van der Waals surface area contributed by atoms with Crippen LogP contribution >= 0.6 is 0 Å². The number of alkyl carbamates (subject to hydrolysis) is 1. The van der Waals surface area contributed by atoms with Gasteiger partial charge in [-0.05, 0) is 57.6 Å². The van der Waals surface area contributed by atoms with E-state index in [4.69, 9.17) is 18.9 Å². The van der Waals surface area contributed by atoms with E-state index in [0.717, 1.165) is 6.08 Å². The van der Waals surface area contributed by atoms with Crippen LogP contribution in [-0.4, -0.2) is 76.4 Å². The molecular formula is C37H50F2N4O7. The first kappa shape index (κ1) is 38.5. The number of carbonyl (C=O) groups is 3. The van der Waals surface area contributed by atoms with Crippen molar-refractivity contribution in [1.29, 1.82) is 0 Å². The van der Waals surface area contributed by atoms with Gasteiger partial charge in [0.05, 0.1) is 24.7 Å². The third-order valence-corrected chi connectivity index (χ3v) is 8.81. The molecule has 1 aromatic carbocycles. The summed E-state index contributed by atoms with van der Waals surface area (Å²) in [4.78, 5) is 51.4. The van der Waals surface area contributed by atoms with Gasteiger partial charge in [-0.25, -0.2) is 19.6 Å². The van der Waals surface area contributed by atoms with Crippen LogP contribution in [0.2, 0.25) is 0 Å². The average molecular weight is 701 g/mol. The van der Waals surface area contributed by atoms with Crippen LogP contribution in [-0.2, 0) is 25.0 Å². The summed E-state index contributed by atoms with van der Waals surface area (Å²) in [6.07, 6.45) is 1.85. The first-order valence-corrected chi connectivity index (χ1v) is 17.0. The summed E-state index contributed by atoms with van der Waals surface area (Å²) in [6.45, 7) is 19.3. The molecule has 13 heteroatoms. The highest BCUT2D eigenvalue weighted by atomic mass is 19.3. The minimum absolute atomic E-state index is 0.182. The van der Waals surface area contributed by atoms with Gasteiger partial charge in [-0.15, -0.1) is 13.2 Å². The zero-order valence-electron chi connectivity index (χ0n) is 30.3. The van der Waals surface area contributed by atoms with Crippen LogP contribution < -0.4 is 14.8 Å². The van der Waals surface area contributed by atoms with Crippen molar-refractivity contribution in [2.24, 2.45) is 17.3 Å². The van der Waals surface area contributed by atoms with Crippen molar-refractivity contribution in [3.05, 3.63) is 49.2 Å². The second-order valence-corrected chi connectivity index (χ2v) is 15.0. The maximum Gasteiger partial charge on any atom is 0.408 e. The Kier molecular flexibility index (Phi) is 11.5. The number of hydrogen-bond donors (Lipinski definition) is 1. The zero-order valence-corrected chi connectivity index (χ0v) is 30.3. The number of rotatable bonds is 13. The Bertz CT molecular complexity index is 1600. The normalized spacial score (nSPS) is 22.8. The van der Waals surface area contributed by atoms with E-state index in [1.807, 2.05) is 6.92 Å². The highest BCUT2D eigenvalue weighted by Gasteiger charge is 2.53. The molecule has 1 saturated carbocycles. The monoisotopic (exact) mass is 700 g/mol. The van der Waals surface area contributed by atoms with Gasteiger partial charge in [-0.1, -0.05) is 39.8 Å². The molecular weight excluding hydrogens is 650 g/mol. The number of nitrogens with one attached hydrogen (secondary N) is 1. The van der Waals surface area contributed by atoms with Crippen molar-refractivity contribution < 1.29 is 42.1 Å². The molecule has 1 aliphatic heterocycles. The maximum absolute atomic E-state index is 15.6. The molecule has 1 aromatic heterocycles. The number of alkyl halides is 2. The minimum atomic E-state index is -3.49. The summed E-state index contributed by atoms with van der Waals surface area (Å²) >= 11 is 0. The summed E-state index contributed by atoms with van der Waals surface area (Å²) in [5.41, 5.74) is -1.96. The molecule has 6 atom stereocenters. The molecule has 2 fully saturated rings. The Balaban J connectivity index is 1.74. The fourth-order valence-electron chi connectivity index (χ4n) is 6.20. The molecule has 1 saturated heterocycles. The second kappa shape index (κ2) is 14.9. The number of esters is 1. The van der Waals surface area contributed by atoms with Gasteiger partial charge in [0, 0.05) is 24.3 Å². The van der Waals surface area contributed by atoms with Crippen molar-refractivity contribution in [2.45, 2.75) is 110 Å². The number of aromatic nitrogens is 2. The third kappa shape index (κ3) is 8.89. The molecule has 274 valence electrons. The van der Waals surface area contributed by atoms with Crippen LogP contribution in [0.25, 0.3) is 11.0 Å². The lowest BCUT2D eigenvalue weighted by atomic mass is 9.85. The average Bonchev–Trinajstić information content (AvgIpc) is 3.63. The molecule has 1 aliphatic carbocycles. The van der Waals surface area contributed by atoms with Gasteiger partial charge < -0.3 is 29.2 Å². The van der Waals surface area contributed by atoms with Crippen molar-refractivity contribution in [1.82, 2.24) is 20.2 Å². The molecule has 1 unspecified atom stereocenters. The van der Waals surface area contributed by atoms with Crippen molar-refractivity contribution in [2.75, 3.05) is 13.7 Å². The van der Waals surface area contributed by atoms with Crippen LogP contribution in [0.15, 0.2) is 43.5 Å². The first-order chi connectivity index (χ1) is 23.3. The van der Waals surface area contributed by atoms with E-state index >= 15 is 8.78 Å². The molecule has 0 spiro atoms. The Labute approximate surface area is 292 Å². The van der Waals surface area contributed by atoms with Gasteiger partial charge in [0.15, 0.2) is 5.69 Å². The maximum atomic E-state index is 15.6. The molecule has 0 radical (unpaired) electrons. The first-order valence-electron chi connectivity index (χ1n) is 17.0. The Morgan fingerprint density at radius 2 is 1.76 bits per heavy atom. The van der Waals surface area contributed by atoms with Crippen LogP contribution in [0.3, 0.4) is 0 Å². The van der Waals surface area contributed by atoms with Crippen molar-refractivity contribution >= 4 is 29.0 Å². The van der Waals surface area contributed by atoms with E-state index < -0.39 is 77.0 Å². The van der Waals surface area contributed by atoms with Gasteiger partial charge >= 0.3 is 12.1 Å². The van der Waals surface area contributed by atoms with E-state index in [2.05, 4.69) is 28.4 Å². The smallest absolute Gasteiger partial charge is 0.408 e. The second-order valence-electron chi connectivity index (χ2n) is 15.0. The Hall–Kier alpha value is -4.29. The Morgan fingerprint density at radius 1 is 1.06 bits per heavy atom. The summed E-state index contributed by atoms with van der Waals surface area (Å²) in [5, 5.41) is 2.73. The summed E-state index contributed by atoms with van der Waals surface area (Å²) in [6, 6.07) is 2.38. The van der Waals surface area contributed by atoms with Crippen LogP contribution in [0.4, 0.5) is 13.6 Å². The molecule has 50 heavy (non-hydrogen) atoms. The standard InChI is InChI=1S/C37H50F2N4O7/c1-11-14-21-18-26(21)49-34(46)42-30(35(4,5)6)32(44)43-20-27(23(13-3)28(43)33(45)50-36(7,8)9)48-31-29(37(38,39)17-12-2)40-24-16-15-22(47-10)19-25(24)41-31/h11-12,15-16,19,21,23,26-28,30H,1-2,13-14,17-18,20H2,3-10H3,(H,42,46)/t21-,23-,26-,27+,28+,30?/m1/s1. The topological polar surface area (TPSA) is 129 Å². The number of carbonyl (C=O) groups excluding carboxylic acids is 3. The number of amides is 2. The molecule has 4 rings (SSSR count). The number of halogens is 2. The Morgan fingerprint density at radius 3 is 2.34 bits per heavy atom. The third-order valence-electron chi connectivity index (χ3n) is 8.81. The quantitative estimate of drug-likeness (QED) is 0.179. The number of methoxy groups -OCH3 is 1. The zero-order chi connectivity index (χ0) is 37.2. The van der Waals surface area contributed by atoms with E-state index in [0.29, 0.717) is 25.0 Å². The largest absolute Gasteiger partial charge is 0.497 e. The predicted octanol–water partition coefficient (Wildman–Crippen LogP) is 6.74. The minimum Gasteiger partial charge on any atom is -0.497 e. The van der Waals surface area contributed by atoms with E-state index in [9.17, 15) is 14.4 Å². The predicted molar refractivity (Wildman–Crippen MR) is 184 cm³/mol. The molecule has 11 nitrogen and oxygen atoms in total. The van der Waals surface area contributed by atoms with Crippen molar-refractivity contribution in [3.63, 3.8) is 0 Å². The molecule has 2 amide bonds. The van der Waals surface area contributed by atoms with E-state index in [-0.39, 0.29) is 29.6 Å². The highest BCUT2D eigenvalue weighted by molar-refractivity contribution is 5.91. The summed E-state index contributed by atoms with van der Waals surface area (Å²) in [5.74, 6) is -5.26. The number of allylic oxidation sites excluding steroid dienone is 2. The lowest BCUT2D eigenvalue weighted by Gasteiger charge is -2.36. The van der Waals surface area contributed by atoms with Gasteiger partial charge in [-0.2, -0.15) is 8.78 Å². The summed E-state index contributed by atoms with van der Waals surface area (Å²) < 4.78 is 54.1. The molecule has 1 N–H and O–H groups in total. The number of benzene rings is 1. The van der Waals surface area contributed by atoms with Crippen LogP contribution in [0, 0.1) is 17.3 Å².